The number of thioether (sulfide) groups is 1. The Hall–Kier alpha value is -2.51. The summed E-state index contributed by atoms with van der Waals surface area (Å²) in [5, 5.41) is 9.31. The average Bonchev–Trinajstić information content (AvgIpc) is 3.08. The first-order valence-electron chi connectivity index (χ1n) is 9.30. The molecule has 29 heavy (non-hydrogen) atoms. The molecule has 152 valence electrons. The maximum atomic E-state index is 13.0. The van der Waals surface area contributed by atoms with Crippen molar-refractivity contribution in [3.8, 4) is 5.75 Å². The molecule has 1 amide bonds. The lowest BCUT2D eigenvalue weighted by Crippen LogP contribution is -2.36. The molecule has 1 atom stereocenters. The molecule has 0 saturated carbocycles. The number of halogens is 1. The van der Waals surface area contributed by atoms with Crippen LogP contribution in [-0.2, 0) is 18.4 Å². The van der Waals surface area contributed by atoms with Gasteiger partial charge in [0.1, 0.15) is 12.4 Å². The zero-order valence-electron chi connectivity index (χ0n) is 16.6. The fourth-order valence-corrected chi connectivity index (χ4v) is 3.87. The highest BCUT2D eigenvalue weighted by atomic mass is 35.5. The molecule has 0 spiro atoms. The Bertz CT molecular complexity index is 964. The minimum atomic E-state index is -0.310. The molecular formula is C21H23ClN4O2S. The van der Waals surface area contributed by atoms with E-state index in [0.717, 1.165) is 5.69 Å². The van der Waals surface area contributed by atoms with Gasteiger partial charge >= 0.3 is 0 Å². The molecule has 0 bridgehead atoms. The molecule has 3 rings (SSSR count). The van der Waals surface area contributed by atoms with Crippen LogP contribution in [0.25, 0.3) is 0 Å². The Balaban J connectivity index is 1.65. The van der Waals surface area contributed by atoms with Gasteiger partial charge < -0.3 is 14.2 Å². The van der Waals surface area contributed by atoms with Crippen LogP contribution in [0.3, 0.4) is 0 Å². The van der Waals surface area contributed by atoms with Crippen LogP contribution < -0.4 is 9.64 Å². The standard InChI is InChI=1S/C21H23ClN4O2S/c1-4-26(16-10-6-5-7-11-16)20(27)15(2)29-21-24-23-19(25(21)3)14-28-18-13-9-8-12-17(18)22/h5-13,15H,4,14H2,1-3H3. The highest BCUT2D eigenvalue weighted by molar-refractivity contribution is 8.00. The maximum Gasteiger partial charge on any atom is 0.240 e. The Kier molecular flexibility index (Phi) is 7.17. The van der Waals surface area contributed by atoms with Gasteiger partial charge in [0.15, 0.2) is 11.0 Å². The number of benzene rings is 2. The number of para-hydroxylation sites is 2. The van der Waals surface area contributed by atoms with Gasteiger partial charge in [-0.1, -0.05) is 53.7 Å². The quantitative estimate of drug-likeness (QED) is 0.489. The van der Waals surface area contributed by atoms with E-state index in [1.807, 2.05) is 67.9 Å². The van der Waals surface area contributed by atoms with E-state index in [1.54, 1.807) is 17.0 Å². The normalized spacial score (nSPS) is 11.9. The van der Waals surface area contributed by atoms with E-state index in [9.17, 15) is 4.79 Å². The van der Waals surface area contributed by atoms with E-state index in [1.165, 1.54) is 11.8 Å². The second-order valence-corrected chi connectivity index (χ2v) is 8.07. The molecule has 0 radical (unpaired) electrons. The Morgan fingerprint density at radius 1 is 1.17 bits per heavy atom. The van der Waals surface area contributed by atoms with Gasteiger partial charge in [0.05, 0.1) is 10.3 Å². The minimum absolute atomic E-state index is 0.0283. The van der Waals surface area contributed by atoms with Crippen LogP contribution in [0.15, 0.2) is 59.8 Å². The Morgan fingerprint density at radius 3 is 2.55 bits per heavy atom. The number of hydrogen-bond donors (Lipinski definition) is 0. The van der Waals surface area contributed by atoms with E-state index in [4.69, 9.17) is 16.3 Å². The lowest BCUT2D eigenvalue weighted by Gasteiger charge is -2.24. The molecule has 1 heterocycles. The summed E-state index contributed by atoms with van der Waals surface area (Å²) in [6.45, 7) is 4.69. The molecule has 1 aromatic heterocycles. The van der Waals surface area contributed by atoms with Gasteiger partial charge in [-0.2, -0.15) is 0 Å². The van der Waals surface area contributed by atoms with Crippen LogP contribution in [-0.4, -0.2) is 32.5 Å². The van der Waals surface area contributed by atoms with Crippen molar-refractivity contribution in [1.29, 1.82) is 0 Å². The van der Waals surface area contributed by atoms with Crippen LogP contribution in [0.2, 0.25) is 5.02 Å². The smallest absolute Gasteiger partial charge is 0.240 e. The van der Waals surface area contributed by atoms with Crippen molar-refractivity contribution in [2.45, 2.75) is 30.9 Å². The fourth-order valence-electron chi connectivity index (χ4n) is 2.78. The predicted molar refractivity (Wildman–Crippen MR) is 117 cm³/mol. The van der Waals surface area contributed by atoms with Crippen molar-refractivity contribution in [1.82, 2.24) is 14.8 Å². The Morgan fingerprint density at radius 2 is 1.86 bits per heavy atom. The van der Waals surface area contributed by atoms with E-state index in [0.29, 0.717) is 28.3 Å². The minimum Gasteiger partial charge on any atom is -0.484 e. The lowest BCUT2D eigenvalue weighted by atomic mass is 10.2. The number of amides is 1. The van der Waals surface area contributed by atoms with Crippen molar-refractivity contribution in [3.63, 3.8) is 0 Å². The van der Waals surface area contributed by atoms with Crippen LogP contribution in [0.5, 0.6) is 5.75 Å². The third kappa shape index (κ3) is 5.10. The van der Waals surface area contributed by atoms with E-state index in [2.05, 4.69) is 10.2 Å². The molecule has 0 aliphatic rings. The first-order valence-corrected chi connectivity index (χ1v) is 10.6. The number of ether oxygens (including phenoxy) is 1. The molecule has 3 aromatic rings. The summed E-state index contributed by atoms with van der Waals surface area (Å²) in [5.74, 6) is 1.28. The lowest BCUT2D eigenvalue weighted by molar-refractivity contribution is -0.117. The second-order valence-electron chi connectivity index (χ2n) is 6.36. The van der Waals surface area contributed by atoms with Crippen LogP contribution in [0.1, 0.15) is 19.7 Å². The van der Waals surface area contributed by atoms with Crippen LogP contribution in [0.4, 0.5) is 5.69 Å². The highest BCUT2D eigenvalue weighted by Gasteiger charge is 2.24. The van der Waals surface area contributed by atoms with Gasteiger partial charge in [-0.3, -0.25) is 4.79 Å². The summed E-state index contributed by atoms with van der Waals surface area (Å²) >= 11 is 7.50. The first kappa shape index (κ1) is 21.2. The molecular weight excluding hydrogens is 408 g/mol. The number of carbonyl (C=O) groups is 1. The summed E-state index contributed by atoms with van der Waals surface area (Å²) in [6, 6.07) is 16.9. The number of carbonyl (C=O) groups excluding carboxylic acids is 1. The topological polar surface area (TPSA) is 60.3 Å². The molecule has 0 saturated heterocycles. The van der Waals surface area contributed by atoms with Gasteiger partial charge in [-0.05, 0) is 38.1 Å². The molecule has 0 aliphatic heterocycles. The number of aromatic nitrogens is 3. The van der Waals surface area contributed by atoms with Crippen molar-refractivity contribution in [2.75, 3.05) is 11.4 Å². The predicted octanol–water partition coefficient (Wildman–Crippen LogP) is 4.58. The van der Waals surface area contributed by atoms with E-state index < -0.39 is 0 Å². The third-order valence-electron chi connectivity index (χ3n) is 4.40. The van der Waals surface area contributed by atoms with Crippen LogP contribution >= 0.6 is 23.4 Å². The summed E-state index contributed by atoms with van der Waals surface area (Å²) in [6.07, 6.45) is 0. The van der Waals surface area contributed by atoms with Crippen molar-refractivity contribution in [2.24, 2.45) is 7.05 Å². The molecule has 0 fully saturated rings. The molecule has 2 aromatic carbocycles. The summed E-state index contributed by atoms with van der Waals surface area (Å²) in [7, 11) is 1.86. The van der Waals surface area contributed by atoms with E-state index in [-0.39, 0.29) is 17.8 Å². The molecule has 0 aliphatic carbocycles. The molecule has 6 nitrogen and oxygen atoms in total. The van der Waals surface area contributed by atoms with Crippen molar-refractivity contribution >= 4 is 35.0 Å². The van der Waals surface area contributed by atoms with Crippen molar-refractivity contribution in [3.05, 3.63) is 65.4 Å². The zero-order chi connectivity index (χ0) is 20.8. The van der Waals surface area contributed by atoms with Gasteiger partial charge in [0.2, 0.25) is 5.91 Å². The third-order valence-corrected chi connectivity index (χ3v) is 5.83. The number of nitrogens with zero attached hydrogens (tertiary/aromatic N) is 4. The van der Waals surface area contributed by atoms with Crippen molar-refractivity contribution < 1.29 is 9.53 Å². The maximum absolute atomic E-state index is 13.0. The van der Waals surface area contributed by atoms with E-state index >= 15 is 0 Å². The summed E-state index contributed by atoms with van der Waals surface area (Å²) in [4.78, 5) is 14.7. The number of hydrogen-bond acceptors (Lipinski definition) is 5. The summed E-state index contributed by atoms with van der Waals surface area (Å²) in [5.41, 5.74) is 0.888. The highest BCUT2D eigenvalue weighted by Crippen LogP contribution is 2.27. The molecule has 0 N–H and O–H groups in total. The number of rotatable bonds is 8. The number of anilines is 1. The molecule has 1 unspecified atom stereocenters. The summed E-state index contributed by atoms with van der Waals surface area (Å²) < 4.78 is 7.58. The zero-order valence-corrected chi connectivity index (χ0v) is 18.2. The first-order chi connectivity index (χ1) is 14.0. The van der Waals surface area contributed by atoms with Gasteiger partial charge in [0.25, 0.3) is 0 Å². The second kappa shape index (κ2) is 9.80. The van der Waals surface area contributed by atoms with Gasteiger partial charge in [-0.15, -0.1) is 10.2 Å². The SMILES string of the molecule is CCN(C(=O)C(C)Sc1nnc(COc2ccccc2Cl)n1C)c1ccccc1. The van der Waals surface area contributed by atoms with Crippen LogP contribution in [0, 0.1) is 0 Å². The van der Waals surface area contributed by atoms with Gasteiger partial charge in [0, 0.05) is 19.3 Å². The Labute approximate surface area is 179 Å². The monoisotopic (exact) mass is 430 g/mol. The molecule has 8 heteroatoms. The average molecular weight is 431 g/mol. The largest absolute Gasteiger partial charge is 0.484 e. The fraction of sp³-hybridized carbons (Fsp3) is 0.286. The van der Waals surface area contributed by atoms with Gasteiger partial charge in [-0.25, -0.2) is 0 Å².